The van der Waals surface area contributed by atoms with Crippen molar-refractivity contribution in [2.75, 3.05) is 45.6 Å². The van der Waals surface area contributed by atoms with Gasteiger partial charge >= 0.3 is 0 Å². The maximum atomic E-state index is 13.1. The highest BCUT2D eigenvalue weighted by atomic mass is 32.2. The summed E-state index contributed by atoms with van der Waals surface area (Å²) in [4.78, 5) is 23.2. The number of amides is 1. The normalized spacial score (nSPS) is 19.9. The zero-order chi connectivity index (χ0) is 23.7. The second-order valence-corrected chi connectivity index (χ2v) is 9.88. The van der Waals surface area contributed by atoms with Gasteiger partial charge in [0.2, 0.25) is 11.7 Å². The Morgan fingerprint density at radius 3 is 2.62 bits per heavy atom. The summed E-state index contributed by atoms with van der Waals surface area (Å²) in [6.45, 7) is 3.03. The second kappa shape index (κ2) is 9.03. The first-order chi connectivity index (χ1) is 16.4. The van der Waals surface area contributed by atoms with Gasteiger partial charge in [-0.15, -0.1) is 4.40 Å². The Labute approximate surface area is 197 Å². The molecule has 1 fully saturated rings. The van der Waals surface area contributed by atoms with E-state index in [2.05, 4.69) is 19.4 Å². The maximum Gasteiger partial charge on any atom is 0.257 e. The second-order valence-electron chi connectivity index (χ2n) is 8.12. The van der Waals surface area contributed by atoms with Crippen molar-refractivity contribution in [1.29, 1.82) is 0 Å². The van der Waals surface area contributed by atoms with Gasteiger partial charge in [-0.25, -0.2) is 8.42 Å². The predicted octanol–water partition coefficient (Wildman–Crippen LogP) is 0.887. The topological polar surface area (TPSA) is 121 Å². The molecule has 0 spiro atoms. The zero-order valence-corrected chi connectivity index (χ0v) is 19.4. The SMILES string of the molecule is COc1ccc(-c2noc(CN3CCN(C(=O)C4=CC=CN5CCS(=O)(=O)N=C45)CC3)n2)cc1. The highest BCUT2D eigenvalue weighted by Gasteiger charge is 2.33. The molecule has 0 N–H and O–H groups in total. The van der Waals surface area contributed by atoms with Gasteiger partial charge < -0.3 is 19.1 Å². The van der Waals surface area contributed by atoms with Crippen LogP contribution in [0.5, 0.6) is 5.75 Å². The Hall–Kier alpha value is -3.51. The van der Waals surface area contributed by atoms with Gasteiger partial charge in [0.15, 0.2) is 5.84 Å². The number of carbonyl (C=O) groups is 1. The minimum atomic E-state index is -3.55. The maximum absolute atomic E-state index is 13.1. The van der Waals surface area contributed by atoms with Gasteiger partial charge in [0, 0.05) is 44.5 Å². The van der Waals surface area contributed by atoms with Gasteiger partial charge in [0.1, 0.15) is 5.75 Å². The Bertz CT molecular complexity index is 1270. The molecule has 0 saturated carbocycles. The first kappa shape index (κ1) is 22.3. The van der Waals surface area contributed by atoms with Crippen LogP contribution in [-0.4, -0.2) is 90.6 Å². The van der Waals surface area contributed by atoms with Crippen molar-refractivity contribution < 1.29 is 22.5 Å². The Morgan fingerprint density at radius 2 is 1.88 bits per heavy atom. The monoisotopic (exact) mass is 484 g/mol. The van der Waals surface area contributed by atoms with Crippen LogP contribution in [0.4, 0.5) is 0 Å². The molecule has 2 aromatic rings. The van der Waals surface area contributed by atoms with Gasteiger partial charge in [0.05, 0.1) is 25.0 Å². The molecule has 3 aliphatic rings. The number of sulfonamides is 1. The van der Waals surface area contributed by atoms with Crippen LogP contribution in [0, 0.1) is 0 Å². The minimum Gasteiger partial charge on any atom is -0.497 e. The van der Waals surface area contributed by atoms with Gasteiger partial charge in [-0.2, -0.15) is 4.98 Å². The number of amidine groups is 1. The van der Waals surface area contributed by atoms with Crippen molar-refractivity contribution in [3.63, 3.8) is 0 Å². The van der Waals surface area contributed by atoms with Gasteiger partial charge in [0.25, 0.3) is 15.9 Å². The van der Waals surface area contributed by atoms with Crippen LogP contribution >= 0.6 is 0 Å². The van der Waals surface area contributed by atoms with Gasteiger partial charge in [-0.05, 0) is 36.4 Å². The summed E-state index contributed by atoms with van der Waals surface area (Å²) >= 11 is 0. The van der Waals surface area contributed by atoms with E-state index in [1.54, 1.807) is 35.3 Å². The third kappa shape index (κ3) is 4.59. The molecule has 5 rings (SSSR count). The molecule has 34 heavy (non-hydrogen) atoms. The van der Waals surface area contributed by atoms with Crippen LogP contribution in [0.1, 0.15) is 5.89 Å². The molecule has 0 bridgehead atoms. The molecule has 0 unspecified atom stereocenters. The number of methoxy groups -OCH3 is 1. The number of ether oxygens (including phenoxy) is 1. The third-order valence-electron chi connectivity index (χ3n) is 5.92. The molecule has 1 saturated heterocycles. The first-order valence-corrected chi connectivity index (χ1v) is 12.5. The number of hydrogen-bond donors (Lipinski definition) is 0. The summed E-state index contributed by atoms with van der Waals surface area (Å²) in [5.41, 5.74) is 1.14. The molecule has 11 nitrogen and oxygen atoms in total. The molecule has 12 heteroatoms. The van der Waals surface area contributed by atoms with E-state index in [0.717, 1.165) is 11.3 Å². The number of rotatable bonds is 5. The quantitative estimate of drug-likeness (QED) is 0.609. The standard InChI is InChI=1S/C22H24N6O5S/c1-32-17-6-4-16(5-7-17)20-23-19(33-24-20)15-26-9-11-28(12-10-26)22(29)18-3-2-8-27-13-14-34(30,31)25-21(18)27/h2-8H,9-15H2,1H3. The lowest BCUT2D eigenvalue weighted by molar-refractivity contribution is -0.128. The van der Waals surface area contributed by atoms with Crippen LogP contribution in [0.2, 0.25) is 0 Å². The minimum absolute atomic E-state index is 0.0587. The molecule has 178 valence electrons. The molecule has 1 aromatic heterocycles. The lowest BCUT2D eigenvalue weighted by atomic mass is 10.1. The zero-order valence-electron chi connectivity index (χ0n) is 18.6. The Kier molecular flexibility index (Phi) is 5.92. The van der Waals surface area contributed by atoms with Crippen molar-refractivity contribution in [2.45, 2.75) is 6.54 Å². The molecular weight excluding hydrogens is 460 g/mol. The lowest BCUT2D eigenvalue weighted by Gasteiger charge is -2.36. The first-order valence-electron chi connectivity index (χ1n) is 10.9. The van der Waals surface area contributed by atoms with Crippen LogP contribution < -0.4 is 4.74 Å². The Balaban J connectivity index is 1.20. The molecule has 0 atom stereocenters. The van der Waals surface area contributed by atoms with Crippen molar-refractivity contribution in [3.8, 4) is 17.1 Å². The highest BCUT2D eigenvalue weighted by Crippen LogP contribution is 2.22. The molecule has 1 aromatic carbocycles. The number of carbonyl (C=O) groups excluding carboxylic acids is 1. The number of allylic oxidation sites excluding steroid dienone is 2. The van der Waals surface area contributed by atoms with Crippen LogP contribution in [0.25, 0.3) is 11.4 Å². The van der Waals surface area contributed by atoms with Crippen LogP contribution in [0.15, 0.2) is 57.1 Å². The summed E-state index contributed by atoms with van der Waals surface area (Å²) < 4.78 is 38.4. The fourth-order valence-electron chi connectivity index (χ4n) is 4.03. The summed E-state index contributed by atoms with van der Waals surface area (Å²) in [7, 11) is -1.94. The van der Waals surface area contributed by atoms with Crippen molar-refractivity contribution in [1.82, 2.24) is 24.8 Å². The summed E-state index contributed by atoms with van der Waals surface area (Å²) in [5, 5.41) is 4.06. The smallest absolute Gasteiger partial charge is 0.257 e. The summed E-state index contributed by atoms with van der Waals surface area (Å²) in [6, 6.07) is 7.42. The number of aromatic nitrogens is 2. The van der Waals surface area contributed by atoms with E-state index >= 15 is 0 Å². The van der Waals surface area contributed by atoms with Crippen molar-refractivity contribution in [2.24, 2.45) is 4.40 Å². The summed E-state index contributed by atoms with van der Waals surface area (Å²) in [6.07, 6.45) is 5.12. The van der Waals surface area contributed by atoms with E-state index in [4.69, 9.17) is 9.26 Å². The predicted molar refractivity (Wildman–Crippen MR) is 123 cm³/mol. The average Bonchev–Trinajstić information content (AvgIpc) is 3.31. The molecule has 0 aliphatic carbocycles. The molecule has 0 radical (unpaired) electrons. The highest BCUT2D eigenvalue weighted by molar-refractivity contribution is 7.90. The van der Waals surface area contributed by atoms with Gasteiger partial charge in [-0.1, -0.05) is 5.16 Å². The lowest BCUT2D eigenvalue weighted by Crippen LogP contribution is -2.50. The van der Waals surface area contributed by atoms with Crippen molar-refractivity contribution >= 4 is 21.8 Å². The Morgan fingerprint density at radius 1 is 1.12 bits per heavy atom. The largest absolute Gasteiger partial charge is 0.497 e. The summed E-state index contributed by atoms with van der Waals surface area (Å²) in [5.74, 6) is 1.70. The number of nitrogens with zero attached hydrogens (tertiary/aromatic N) is 6. The molecular formula is C22H24N6O5S. The van der Waals surface area contributed by atoms with E-state index in [1.807, 2.05) is 24.3 Å². The van der Waals surface area contributed by atoms with E-state index < -0.39 is 10.0 Å². The fourth-order valence-corrected chi connectivity index (χ4v) is 5.02. The number of benzene rings is 1. The number of fused-ring (bicyclic) bond motifs is 1. The van der Waals surface area contributed by atoms with Crippen LogP contribution in [-0.2, 0) is 21.4 Å². The average molecular weight is 485 g/mol. The number of piperazine rings is 1. The van der Waals surface area contributed by atoms with Crippen molar-refractivity contribution in [3.05, 3.63) is 54.1 Å². The van der Waals surface area contributed by atoms with E-state index in [-0.39, 0.29) is 17.5 Å². The molecule has 4 heterocycles. The fraction of sp³-hybridized carbons (Fsp3) is 0.364. The van der Waals surface area contributed by atoms with E-state index in [1.165, 1.54) is 0 Å². The third-order valence-corrected chi connectivity index (χ3v) is 7.07. The number of hydrogen-bond acceptors (Lipinski definition) is 9. The van der Waals surface area contributed by atoms with Gasteiger partial charge in [-0.3, -0.25) is 9.69 Å². The van der Waals surface area contributed by atoms with Crippen LogP contribution in [0.3, 0.4) is 0 Å². The van der Waals surface area contributed by atoms with E-state index in [0.29, 0.717) is 56.6 Å². The molecule has 3 aliphatic heterocycles. The van der Waals surface area contributed by atoms with E-state index in [9.17, 15) is 13.2 Å². The molecule has 1 amide bonds.